The normalized spacial score (nSPS) is 11.0. The van der Waals surface area contributed by atoms with Gasteiger partial charge in [0.15, 0.2) is 0 Å². The summed E-state index contributed by atoms with van der Waals surface area (Å²) in [5.74, 6) is -0.549. The minimum absolute atomic E-state index is 0.0485. The van der Waals surface area contributed by atoms with Gasteiger partial charge in [-0.15, -0.1) is 0 Å². The number of benzene rings is 2. The van der Waals surface area contributed by atoms with Crippen molar-refractivity contribution in [3.8, 4) is 11.8 Å². The molecular formula is C18H15ClN2O2. The number of aromatic hydroxyl groups is 1. The summed E-state index contributed by atoms with van der Waals surface area (Å²) in [5.41, 5.74) is 3.18. The molecule has 0 radical (unpaired) electrons. The number of phenols is 1. The van der Waals surface area contributed by atoms with Crippen LogP contribution in [0.1, 0.15) is 16.7 Å². The highest BCUT2D eigenvalue weighted by molar-refractivity contribution is 6.32. The van der Waals surface area contributed by atoms with Gasteiger partial charge >= 0.3 is 0 Å². The van der Waals surface area contributed by atoms with Gasteiger partial charge < -0.3 is 10.4 Å². The Morgan fingerprint density at radius 2 is 2.04 bits per heavy atom. The predicted octanol–water partition coefficient (Wildman–Crippen LogP) is 4.21. The molecule has 0 saturated carbocycles. The molecule has 2 aromatic carbocycles. The molecule has 1 amide bonds. The van der Waals surface area contributed by atoms with Crippen molar-refractivity contribution in [3.05, 3.63) is 63.7 Å². The summed E-state index contributed by atoms with van der Waals surface area (Å²) in [6, 6.07) is 11.9. The molecule has 0 unspecified atom stereocenters. The fourth-order valence-corrected chi connectivity index (χ4v) is 2.19. The van der Waals surface area contributed by atoms with Crippen molar-refractivity contribution in [2.45, 2.75) is 13.8 Å². The first-order valence-corrected chi connectivity index (χ1v) is 7.28. The number of hydrogen-bond acceptors (Lipinski definition) is 3. The van der Waals surface area contributed by atoms with Crippen LogP contribution >= 0.6 is 11.6 Å². The van der Waals surface area contributed by atoms with Gasteiger partial charge in [-0.25, -0.2) is 0 Å². The number of nitrogens with one attached hydrogen (secondary N) is 1. The van der Waals surface area contributed by atoms with Crippen molar-refractivity contribution >= 4 is 29.3 Å². The van der Waals surface area contributed by atoms with Crippen LogP contribution in [-0.4, -0.2) is 11.0 Å². The molecule has 0 heterocycles. The quantitative estimate of drug-likeness (QED) is 0.655. The molecule has 0 atom stereocenters. The fourth-order valence-electron chi connectivity index (χ4n) is 2.00. The Balaban J connectivity index is 2.28. The molecule has 0 aliphatic rings. The maximum Gasteiger partial charge on any atom is 0.266 e. The summed E-state index contributed by atoms with van der Waals surface area (Å²) in [5, 5.41) is 21.5. The zero-order valence-corrected chi connectivity index (χ0v) is 13.5. The molecule has 0 aromatic heterocycles. The van der Waals surface area contributed by atoms with E-state index in [1.807, 2.05) is 32.0 Å². The Hall–Kier alpha value is -2.77. The molecular weight excluding hydrogens is 312 g/mol. The Morgan fingerprint density at radius 3 is 2.70 bits per heavy atom. The van der Waals surface area contributed by atoms with E-state index in [1.54, 1.807) is 12.1 Å². The monoisotopic (exact) mass is 326 g/mol. The number of halogens is 1. The number of rotatable bonds is 3. The molecule has 2 N–H and O–H groups in total. The first-order valence-electron chi connectivity index (χ1n) is 6.90. The van der Waals surface area contributed by atoms with E-state index < -0.39 is 5.91 Å². The second-order valence-electron chi connectivity index (χ2n) is 5.08. The van der Waals surface area contributed by atoms with Gasteiger partial charge in [0.25, 0.3) is 5.91 Å². The summed E-state index contributed by atoms with van der Waals surface area (Å²) < 4.78 is 0. The van der Waals surface area contributed by atoms with E-state index in [-0.39, 0.29) is 16.3 Å². The lowest BCUT2D eigenvalue weighted by molar-refractivity contribution is -0.112. The lowest BCUT2D eigenvalue weighted by Crippen LogP contribution is -2.14. The van der Waals surface area contributed by atoms with Gasteiger partial charge in [-0.2, -0.15) is 5.26 Å². The van der Waals surface area contributed by atoms with Crippen LogP contribution in [0.4, 0.5) is 5.69 Å². The number of phenolic OH excluding ortho intramolecular Hbond substituents is 1. The van der Waals surface area contributed by atoms with Crippen LogP contribution in [-0.2, 0) is 4.79 Å². The number of anilines is 1. The number of hydrogen-bond donors (Lipinski definition) is 2. The van der Waals surface area contributed by atoms with Crippen molar-refractivity contribution in [3.63, 3.8) is 0 Å². The fraction of sp³-hybridized carbons (Fsp3) is 0.111. The van der Waals surface area contributed by atoms with Crippen molar-refractivity contribution in [1.82, 2.24) is 0 Å². The average Bonchev–Trinajstić information content (AvgIpc) is 2.52. The molecule has 0 aliphatic carbocycles. The maximum absolute atomic E-state index is 12.3. The van der Waals surface area contributed by atoms with E-state index in [1.165, 1.54) is 18.2 Å². The third-order valence-corrected chi connectivity index (χ3v) is 3.80. The number of aryl methyl sites for hydroxylation is 1. The summed E-state index contributed by atoms with van der Waals surface area (Å²) >= 11 is 5.83. The SMILES string of the molecule is Cc1cccc(NC(=O)/C(C#N)=C\c2ccc(O)c(Cl)c2)c1C. The van der Waals surface area contributed by atoms with Crippen molar-refractivity contribution in [2.75, 3.05) is 5.32 Å². The van der Waals surface area contributed by atoms with E-state index in [0.29, 0.717) is 11.3 Å². The largest absolute Gasteiger partial charge is 0.506 e. The van der Waals surface area contributed by atoms with Crippen LogP contribution in [0.15, 0.2) is 42.0 Å². The third kappa shape index (κ3) is 3.91. The van der Waals surface area contributed by atoms with E-state index in [2.05, 4.69) is 5.32 Å². The Kier molecular flexibility index (Phi) is 5.05. The topological polar surface area (TPSA) is 73.1 Å². The molecule has 0 saturated heterocycles. The highest BCUT2D eigenvalue weighted by Gasteiger charge is 2.11. The van der Waals surface area contributed by atoms with Crippen LogP contribution in [0.5, 0.6) is 5.75 Å². The van der Waals surface area contributed by atoms with Crippen LogP contribution < -0.4 is 5.32 Å². The molecule has 5 heteroatoms. The van der Waals surface area contributed by atoms with Gasteiger partial charge in [-0.3, -0.25) is 4.79 Å². The highest BCUT2D eigenvalue weighted by Crippen LogP contribution is 2.25. The smallest absolute Gasteiger partial charge is 0.266 e. The lowest BCUT2D eigenvalue weighted by Gasteiger charge is -2.09. The first kappa shape index (κ1) is 16.6. The number of nitriles is 1. The lowest BCUT2D eigenvalue weighted by atomic mass is 10.1. The Morgan fingerprint density at radius 1 is 1.30 bits per heavy atom. The Bertz CT molecular complexity index is 835. The minimum Gasteiger partial charge on any atom is -0.506 e. The van der Waals surface area contributed by atoms with Gasteiger partial charge in [-0.1, -0.05) is 29.8 Å². The number of nitrogens with zero attached hydrogens (tertiary/aromatic N) is 1. The molecule has 4 nitrogen and oxygen atoms in total. The van der Waals surface area contributed by atoms with Crippen molar-refractivity contribution < 1.29 is 9.90 Å². The first-order chi connectivity index (χ1) is 10.9. The number of carbonyl (C=O) groups excluding carboxylic acids is 1. The van der Waals surface area contributed by atoms with Gasteiger partial charge in [-0.05, 0) is 54.8 Å². The van der Waals surface area contributed by atoms with Crippen LogP contribution in [0.2, 0.25) is 5.02 Å². The van der Waals surface area contributed by atoms with Gasteiger partial charge in [0.2, 0.25) is 0 Å². The molecule has 2 rings (SSSR count). The zero-order valence-electron chi connectivity index (χ0n) is 12.7. The van der Waals surface area contributed by atoms with Crippen molar-refractivity contribution in [1.29, 1.82) is 5.26 Å². The van der Waals surface area contributed by atoms with Crippen LogP contribution in [0.25, 0.3) is 6.08 Å². The molecule has 0 bridgehead atoms. The molecule has 23 heavy (non-hydrogen) atoms. The average molecular weight is 327 g/mol. The highest BCUT2D eigenvalue weighted by atomic mass is 35.5. The van der Waals surface area contributed by atoms with E-state index >= 15 is 0 Å². The molecule has 0 fully saturated rings. The molecule has 2 aromatic rings. The summed E-state index contributed by atoms with van der Waals surface area (Å²) in [4.78, 5) is 12.3. The predicted molar refractivity (Wildman–Crippen MR) is 91.3 cm³/mol. The van der Waals surface area contributed by atoms with Crippen molar-refractivity contribution in [2.24, 2.45) is 0 Å². The van der Waals surface area contributed by atoms with E-state index in [0.717, 1.165) is 11.1 Å². The maximum atomic E-state index is 12.3. The Labute approximate surface area is 139 Å². The second-order valence-corrected chi connectivity index (χ2v) is 5.49. The summed E-state index contributed by atoms with van der Waals surface area (Å²) in [6.45, 7) is 3.85. The van der Waals surface area contributed by atoms with Gasteiger partial charge in [0.1, 0.15) is 17.4 Å². The van der Waals surface area contributed by atoms with E-state index in [4.69, 9.17) is 11.6 Å². The number of amides is 1. The zero-order chi connectivity index (χ0) is 17.0. The molecule has 0 aliphatic heterocycles. The minimum atomic E-state index is -0.495. The summed E-state index contributed by atoms with van der Waals surface area (Å²) in [6.07, 6.45) is 1.42. The standard InChI is InChI=1S/C18H15ClN2O2/c1-11-4-3-5-16(12(11)2)21-18(23)14(10-20)8-13-6-7-17(22)15(19)9-13/h3-9,22H,1-2H3,(H,21,23)/b14-8-. The second kappa shape index (κ2) is 6.99. The molecule has 0 spiro atoms. The van der Waals surface area contributed by atoms with Crippen LogP contribution in [0.3, 0.4) is 0 Å². The van der Waals surface area contributed by atoms with Crippen LogP contribution in [0, 0.1) is 25.2 Å². The molecule has 116 valence electrons. The number of carbonyl (C=O) groups is 1. The van der Waals surface area contributed by atoms with Gasteiger partial charge in [0, 0.05) is 5.69 Å². The van der Waals surface area contributed by atoms with E-state index in [9.17, 15) is 15.2 Å². The third-order valence-electron chi connectivity index (χ3n) is 3.50. The summed E-state index contributed by atoms with van der Waals surface area (Å²) in [7, 11) is 0. The van der Waals surface area contributed by atoms with Gasteiger partial charge in [0.05, 0.1) is 5.02 Å².